The molecule has 0 aliphatic heterocycles. The van der Waals surface area contributed by atoms with E-state index in [0.717, 1.165) is 16.5 Å². The first-order valence-electron chi connectivity index (χ1n) is 4.18. The van der Waals surface area contributed by atoms with E-state index in [2.05, 4.69) is 0 Å². The summed E-state index contributed by atoms with van der Waals surface area (Å²) in [7, 11) is 1.86. The first kappa shape index (κ1) is 9.84. The zero-order chi connectivity index (χ0) is 10.3. The second-order valence-electron chi connectivity index (χ2n) is 3.15. The first-order valence-corrected chi connectivity index (χ1v) is 4.94. The number of hydrogen-bond acceptors (Lipinski definition) is 1. The van der Waals surface area contributed by atoms with Crippen molar-refractivity contribution in [2.24, 2.45) is 7.05 Å². The van der Waals surface area contributed by atoms with Crippen molar-refractivity contribution in [3.63, 3.8) is 0 Å². The number of aliphatic hydroxyl groups is 1. The summed E-state index contributed by atoms with van der Waals surface area (Å²) in [5.74, 6) is 0. The van der Waals surface area contributed by atoms with Crippen LogP contribution in [0, 0.1) is 0 Å². The summed E-state index contributed by atoms with van der Waals surface area (Å²) in [5.41, 5.74) is 1.70. The minimum atomic E-state index is -0.0729. The minimum absolute atomic E-state index is 0.0729. The normalized spacial score (nSPS) is 11.1. The smallest absolute Gasteiger partial charge is 0.115 e. The Balaban J connectivity index is 2.89. The molecule has 0 unspecified atom stereocenters. The summed E-state index contributed by atoms with van der Waals surface area (Å²) < 4.78 is 1.83. The Morgan fingerprint density at radius 2 is 2.07 bits per heavy atom. The first-order chi connectivity index (χ1) is 6.65. The molecule has 0 spiro atoms. The number of nitrogens with zero attached hydrogens (tertiary/aromatic N) is 1. The highest BCUT2D eigenvalue weighted by Crippen LogP contribution is 2.30. The molecule has 2 nitrogen and oxygen atoms in total. The third-order valence-corrected chi connectivity index (χ3v) is 3.06. The molecule has 2 aromatic rings. The Hall–Kier alpha value is -0.700. The van der Waals surface area contributed by atoms with E-state index in [-0.39, 0.29) is 6.61 Å². The number of fused-ring (bicyclic) bond motifs is 1. The molecule has 14 heavy (non-hydrogen) atoms. The van der Waals surface area contributed by atoms with Crippen LogP contribution in [0.2, 0.25) is 10.2 Å². The minimum Gasteiger partial charge on any atom is -0.392 e. The summed E-state index contributed by atoms with van der Waals surface area (Å²) in [6, 6.07) is 5.51. The Bertz CT molecular complexity index is 490. The third-order valence-electron chi connectivity index (χ3n) is 2.35. The lowest BCUT2D eigenvalue weighted by Gasteiger charge is -1.96. The second kappa shape index (κ2) is 3.46. The highest BCUT2D eigenvalue weighted by Gasteiger charge is 2.12. The average Bonchev–Trinajstić information content (AvgIpc) is 2.39. The standard InChI is InChI=1S/C10H9Cl2NO/c1-13-9-3-2-6(11)4-7(9)8(5-14)10(13)12/h2-4,14H,5H2,1H3. The van der Waals surface area contributed by atoms with E-state index < -0.39 is 0 Å². The molecule has 4 heteroatoms. The lowest BCUT2D eigenvalue weighted by molar-refractivity contribution is 0.283. The molecular formula is C10H9Cl2NO. The van der Waals surface area contributed by atoms with Gasteiger partial charge < -0.3 is 9.67 Å². The molecule has 0 atom stereocenters. The molecule has 0 amide bonds. The van der Waals surface area contributed by atoms with E-state index >= 15 is 0 Å². The number of aromatic nitrogens is 1. The number of aryl methyl sites for hydroxylation is 1. The molecule has 1 aromatic carbocycles. The van der Waals surface area contributed by atoms with E-state index in [9.17, 15) is 5.11 Å². The van der Waals surface area contributed by atoms with E-state index in [4.69, 9.17) is 23.2 Å². The third kappa shape index (κ3) is 1.31. The van der Waals surface area contributed by atoms with Crippen molar-refractivity contribution in [2.45, 2.75) is 6.61 Å². The van der Waals surface area contributed by atoms with Crippen LogP contribution in [-0.2, 0) is 13.7 Å². The predicted molar refractivity (Wildman–Crippen MR) is 58.9 cm³/mol. The molecular weight excluding hydrogens is 221 g/mol. The number of benzene rings is 1. The molecule has 74 valence electrons. The van der Waals surface area contributed by atoms with Crippen molar-refractivity contribution in [3.8, 4) is 0 Å². The fourth-order valence-electron chi connectivity index (χ4n) is 1.61. The van der Waals surface area contributed by atoms with Crippen molar-refractivity contribution in [3.05, 3.63) is 33.9 Å². The fraction of sp³-hybridized carbons (Fsp3) is 0.200. The zero-order valence-electron chi connectivity index (χ0n) is 7.59. The summed E-state index contributed by atoms with van der Waals surface area (Å²) in [5, 5.41) is 11.3. The molecule has 0 saturated heterocycles. The Morgan fingerprint density at radius 3 is 2.71 bits per heavy atom. The highest BCUT2D eigenvalue weighted by atomic mass is 35.5. The Kier molecular flexibility index (Phi) is 2.43. The molecule has 0 saturated carbocycles. The van der Waals surface area contributed by atoms with Crippen LogP contribution in [0.25, 0.3) is 10.9 Å². The van der Waals surface area contributed by atoms with E-state index in [1.165, 1.54) is 0 Å². The van der Waals surface area contributed by atoms with E-state index in [1.54, 1.807) is 6.07 Å². The van der Waals surface area contributed by atoms with Gasteiger partial charge in [-0.15, -0.1) is 0 Å². The number of hydrogen-bond donors (Lipinski definition) is 1. The lowest BCUT2D eigenvalue weighted by atomic mass is 10.2. The van der Waals surface area contributed by atoms with Crippen LogP contribution in [0.1, 0.15) is 5.56 Å². The maximum Gasteiger partial charge on any atom is 0.115 e. The molecule has 0 aliphatic carbocycles. The fourth-order valence-corrected chi connectivity index (χ4v) is 2.04. The van der Waals surface area contributed by atoms with Gasteiger partial charge >= 0.3 is 0 Å². The molecule has 0 radical (unpaired) electrons. The number of aliphatic hydroxyl groups excluding tert-OH is 1. The van der Waals surface area contributed by atoms with Gasteiger partial charge in [-0.05, 0) is 18.2 Å². The van der Waals surface area contributed by atoms with Crippen LogP contribution in [0.4, 0.5) is 0 Å². The average molecular weight is 230 g/mol. The molecule has 1 heterocycles. The van der Waals surface area contributed by atoms with Crippen LogP contribution in [-0.4, -0.2) is 9.67 Å². The number of rotatable bonds is 1. The quantitative estimate of drug-likeness (QED) is 0.800. The topological polar surface area (TPSA) is 25.2 Å². The van der Waals surface area contributed by atoms with Gasteiger partial charge in [0.2, 0.25) is 0 Å². The van der Waals surface area contributed by atoms with Crippen molar-refractivity contribution in [1.29, 1.82) is 0 Å². The van der Waals surface area contributed by atoms with Crippen LogP contribution >= 0.6 is 23.2 Å². The maximum absolute atomic E-state index is 9.18. The van der Waals surface area contributed by atoms with Crippen LogP contribution in [0.5, 0.6) is 0 Å². The highest BCUT2D eigenvalue weighted by molar-refractivity contribution is 6.33. The van der Waals surface area contributed by atoms with Crippen molar-refractivity contribution >= 4 is 34.1 Å². The van der Waals surface area contributed by atoms with Gasteiger partial charge in [-0.3, -0.25) is 0 Å². The Labute approximate surface area is 91.7 Å². The van der Waals surface area contributed by atoms with Gasteiger partial charge in [0.25, 0.3) is 0 Å². The largest absolute Gasteiger partial charge is 0.392 e. The Morgan fingerprint density at radius 1 is 1.36 bits per heavy atom. The summed E-state index contributed by atoms with van der Waals surface area (Å²) in [4.78, 5) is 0. The SMILES string of the molecule is Cn1c(Cl)c(CO)c2cc(Cl)ccc21. The van der Waals surface area contributed by atoms with E-state index in [1.807, 2.05) is 23.7 Å². The second-order valence-corrected chi connectivity index (χ2v) is 3.94. The maximum atomic E-state index is 9.18. The molecule has 2 rings (SSSR count). The summed E-state index contributed by atoms with van der Waals surface area (Å²) in [6.45, 7) is -0.0729. The molecule has 0 aliphatic rings. The van der Waals surface area contributed by atoms with E-state index in [0.29, 0.717) is 10.2 Å². The van der Waals surface area contributed by atoms with Crippen LogP contribution < -0.4 is 0 Å². The number of halogens is 2. The van der Waals surface area contributed by atoms with Crippen LogP contribution in [0.15, 0.2) is 18.2 Å². The van der Waals surface area contributed by atoms with Crippen molar-refractivity contribution in [1.82, 2.24) is 4.57 Å². The molecule has 1 N–H and O–H groups in total. The van der Waals surface area contributed by atoms with Gasteiger partial charge in [-0.25, -0.2) is 0 Å². The predicted octanol–water partition coefficient (Wildman–Crippen LogP) is 2.98. The van der Waals surface area contributed by atoms with Crippen molar-refractivity contribution < 1.29 is 5.11 Å². The van der Waals surface area contributed by atoms with Gasteiger partial charge in [0.15, 0.2) is 0 Å². The molecule has 0 fully saturated rings. The monoisotopic (exact) mass is 229 g/mol. The summed E-state index contributed by atoms with van der Waals surface area (Å²) >= 11 is 11.9. The van der Waals surface area contributed by atoms with Crippen molar-refractivity contribution in [2.75, 3.05) is 0 Å². The van der Waals surface area contributed by atoms with Gasteiger partial charge in [0.1, 0.15) is 5.15 Å². The van der Waals surface area contributed by atoms with Gasteiger partial charge in [0, 0.05) is 28.5 Å². The zero-order valence-corrected chi connectivity index (χ0v) is 9.10. The van der Waals surface area contributed by atoms with Gasteiger partial charge in [-0.1, -0.05) is 23.2 Å². The lowest BCUT2D eigenvalue weighted by Crippen LogP contribution is -1.87. The molecule has 0 bridgehead atoms. The van der Waals surface area contributed by atoms with Gasteiger partial charge in [-0.2, -0.15) is 0 Å². The molecule has 1 aromatic heterocycles. The summed E-state index contributed by atoms with van der Waals surface area (Å²) in [6.07, 6.45) is 0. The van der Waals surface area contributed by atoms with Gasteiger partial charge in [0.05, 0.1) is 6.61 Å². The van der Waals surface area contributed by atoms with Crippen LogP contribution in [0.3, 0.4) is 0 Å².